The van der Waals surface area contributed by atoms with Gasteiger partial charge >= 0.3 is 0 Å². The highest BCUT2D eigenvalue weighted by atomic mass is 32.2. The third-order valence-corrected chi connectivity index (χ3v) is 4.44. The van der Waals surface area contributed by atoms with E-state index in [0.29, 0.717) is 5.25 Å². The van der Waals surface area contributed by atoms with Gasteiger partial charge in [-0.3, -0.25) is 9.59 Å². The van der Waals surface area contributed by atoms with E-state index >= 15 is 0 Å². The second kappa shape index (κ2) is 4.28. The Hall–Kier alpha value is -0.710. The lowest BCUT2D eigenvalue weighted by molar-refractivity contribution is -0.148. The number of hydrogen-bond donors (Lipinski definition) is 1. The summed E-state index contributed by atoms with van der Waals surface area (Å²) in [6.45, 7) is 4.47. The highest BCUT2D eigenvalue weighted by Gasteiger charge is 2.39. The lowest BCUT2D eigenvalue weighted by Crippen LogP contribution is -2.64. The first-order valence-corrected chi connectivity index (χ1v) is 6.76. The summed E-state index contributed by atoms with van der Waals surface area (Å²) in [5, 5.41) is 3.24. The van der Waals surface area contributed by atoms with Crippen molar-refractivity contribution in [1.29, 1.82) is 0 Å². The highest BCUT2D eigenvalue weighted by Crippen LogP contribution is 2.27. The van der Waals surface area contributed by atoms with E-state index in [1.807, 2.05) is 11.8 Å². The van der Waals surface area contributed by atoms with Crippen LogP contribution in [-0.2, 0) is 9.59 Å². The van der Waals surface area contributed by atoms with Crippen LogP contribution < -0.4 is 5.32 Å². The molecule has 2 aliphatic rings. The maximum atomic E-state index is 12.1. The predicted molar refractivity (Wildman–Crippen MR) is 64.3 cm³/mol. The standard InChI is InChI=1S/C11H18N2O2S/c1-11(2)10(15)13(7-9(14)12-11)6-8-4-3-5-16-8/h8H,3-7H2,1-2H3,(H,12,14). The summed E-state index contributed by atoms with van der Waals surface area (Å²) in [6, 6.07) is 0. The molecule has 2 amide bonds. The topological polar surface area (TPSA) is 49.4 Å². The van der Waals surface area contributed by atoms with Crippen molar-refractivity contribution in [3.05, 3.63) is 0 Å². The van der Waals surface area contributed by atoms with E-state index in [1.165, 1.54) is 12.2 Å². The molecule has 0 spiro atoms. The first kappa shape index (κ1) is 11.8. The Kier molecular flexibility index (Phi) is 3.15. The molecule has 90 valence electrons. The van der Waals surface area contributed by atoms with E-state index in [0.717, 1.165) is 13.0 Å². The molecule has 2 saturated heterocycles. The number of rotatable bonds is 2. The molecule has 0 radical (unpaired) electrons. The van der Waals surface area contributed by atoms with Crippen molar-refractivity contribution in [3.8, 4) is 0 Å². The lowest BCUT2D eigenvalue weighted by Gasteiger charge is -2.38. The largest absolute Gasteiger partial charge is 0.341 e. The lowest BCUT2D eigenvalue weighted by atomic mass is 10.00. The minimum Gasteiger partial charge on any atom is -0.341 e. The average molecular weight is 242 g/mol. The monoisotopic (exact) mass is 242 g/mol. The minimum atomic E-state index is -0.737. The van der Waals surface area contributed by atoms with E-state index < -0.39 is 5.54 Å². The molecule has 16 heavy (non-hydrogen) atoms. The van der Waals surface area contributed by atoms with E-state index in [1.54, 1.807) is 18.7 Å². The van der Waals surface area contributed by atoms with E-state index in [2.05, 4.69) is 5.32 Å². The minimum absolute atomic E-state index is 0.0413. The fourth-order valence-electron chi connectivity index (χ4n) is 2.26. The molecule has 5 heteroatoms. The maximum absolute atomic E-state index is 12.1. The molecule has 0 aromatic heterocycles. The highest BCUT2D eigenvalue weighted by molar-refractivity contribution is 8.00. The molecule has 2 rings (SSSR count). The Balaban J connectivity index is 2.02. The van der Waals surface area contributed by atoms with Crippen molar-refractivity contribution in [2.45, 2.75) is 37.5 Å². The van der Waals surface area contributed by atoms with Crippen molar-refractivity contribution < 1.29 is 9.59 Å². The Morgan fingerprint density at radius 3 is 2.88 bits per heavy atom. The first-order valence-electron chi connectivity index (χ1n) is 5.71. The normalized spacial score (nSPS) is 29.4. The summed E-state index contributed by atoms with van der Waals surface area (Å²) < 4.78 is 0. The van der Waals surface area contributed by atoms with Gasteiger partial charge in [0, 0.05) is 11.8 Å². The Morgan fingerprint density at radius 2 is 2.25 bits per heavy atom. The van der Waals surface area contributed by atoms with Crippen molar-refractivity contribution in [1.82, 2.24) is 10.2 Å². The van der Waals surface area contributed by atoms with Crippen LogP contribution in [0.2, 0.25) is 0 Å². The zero-order chi connectivity index (χ0) is 11.8. The van der Waals surface area contributed by atoms with Gasteiger partial charge in [0.25, 0.3) is 0 Å². The van der Waals surface area contributed by atoms with Crippen LogP contribution in [0.4, 0.5) is 0 Å². The van der Waals surface area contributed by atoms with Gasteiger partial charge in [0.15, 0.2) is 0 Å². The molecule has 0 saturated carbocycles. The Morgan fingerprint density at radius 1 is 1.50 bits per heavy atom. The molecule has 1 unspecified atom stereocenters. The van der Waals surface area contributed by atoms with Crippen molar-refractivity contribution in [2.75, 3.05) is 18.8 Å². The first-order chi connectivity index (χ1) is 7.49. The molecule has 1 N–H and O–H groups in total. The van der Waals surface area contributed by atoms with E-state index in [4.69, 9.17) is 0 Å². The van der Waals surface area contributed by atoms with Crippen LogP contribution in [0.5, 0.6) is 0 Å². The van der Waals surface area contributed by atoms with Gasteiger partial charge < -0.3 is 10.2 Å². The molecule has 1 atom stereocenters. The molecular weight excluding hydrogens is 224 g/mol. The Labute approximate surface area is 100 Å². The van der Waals surface area contributed by atoms with Crippen LogP contribution in [-0.4, -0.2) is 46.3 Å². The molecule has 2 heterocycles. The Bertz CT molecular complexity index is 311. The summed E-state index contributed by atoms with van der Waals surface area (Å²) in [7, 11) is 0. The van der Waals surface area contributed by atoms with Gasteiger partial charge in [-0.2, -0.15) is 11.8 Å². The molecule has 0 aromatic rings. The van der Waals surface area contributed by atoms with Crippen LogP contribution in [0.15, 0.2) is 0 Å². The summed E-state index contributed by atoms with van der Waals surface area (Å²) >= 11 is 1.91. The third-order valence-electron chi connectivity index (χ3n) is 3.06. The molecule has 0 aliphatic carbocycles. The summed E-state index contributed by atoms with van der Waals surface area (Å²) in [6.07, 6.45) is 2.39. The second-order valence-corrected chi connectivity index (χ2v) is 6.40. The number of hydrogen-bond acceptors (Lipinski definition) is 3. The van der Waals surface area contributed by atoms with Crippen LogP contribution in [0, 0.1) is 0 Å². The smallest absolute Gasteiger partial charge is 0.248 e. The van der Waals surface area contributed by atoms with Crippen molar-refractivity contribution in [3.63, 3.8) is 0 Å². The predicted octanol–water partition coefficient (Wildman–Crippen LogP) is 0.619. The van der Waals surface area contributed by atoms with Gasteiger partial charge in [-0.25, -0.2) is 0 Å². The molecule has 0 bridgehead atoms. The van der Waals surface area contributed by atoms with Gasteiger partial charge in [-0.1, -0.05) is 0 Å². The fourth-order valence-corrected chi connectivity index (χ4v) is 3.55. The number of thioether (sulfide) groups is 1. The molecule has 2 aliphatic heterocycles. The summed E-state index contributed by atoms with van der Waals surface area (Å²) in [5.74, 6) is 1.18. The quantitative estimate of drug-likeness (QED) is 0.772. The average Bonchev–Trinajstić information content (AvgIpc) is 2.65. The SMILES string of the molecule is CC1(C)NC(=O)CN(CC2CCCS2)C1=O. The van der Waals surface area contributed by atoms with E-state index in [-0.39, 0.29) is 18.4 Å². The van der Waals surface area contributed by atoms with Crippen molar-refractivity contribution >= 4 is 23.6 Å². The molecule has 2 fully saturated rings. The van der Waals surface area contributed by atoms with Gasteiger partial charge in [-0.15, -0.1) is 0 Å². The van der Waals surface area contributed by atoms with Gasteiger partial charge in [-0.05, 0) is 32.4 Å². The third kappa shape index (κ3) is 2.34. The van der Waals surface area contributed by atoms with Crippen LogP contribution in [0.1, 0.15) is 26.7 Å². The van der Waals surface area contributed by atoms with Crippen LogP contribution in [0.3, 0.4) is 0 Å². The zero-order valence-corrected chi connectivity index (χ0v) is 10.6. The number of carbonyl (C=O) groups excluding carboxylic acids is 2. The zero-order valence-electron chi connectivity index (χ0n) is 9.78. The number of piperazine rings is 1. The summed E-state index contributed by atoms with van der Waals surface area (Å²) in [5.41, 5.74) is -0.737. The van der Waals surface area contributed by atoms with Gasteiger partial charge in [0.2, 0.25) is 11.8 Å². The van der Waals surface area contributed by atoms with Gasteiger partial charge in [0.05, 0.1) is 6.54 Å². The summed E-state index contributed by atoms with van der Waals surface area (Å²) in [4.78, 5) is 25.3. The number of nitrogens with one attached hydrogen (secondary N) is 1. The maximum Gasteiger partial charge on any atom is 0.248 e. The van der Waals surface area contributed by atoms with Gasteiger partial charge in [0.1, 0.15) is 5.54 Å². The van der Waals surface area contributed by atoms with Crippen LogP contribution in [0.25, 0.3) is 0 Å². The molecule has 0 aromatic carbocycles. The number of nitrogens with zero attached hydrogens (tertiary/aromatic N) is 1. The van der Waals surface area contributed by atoms with Crippen LogP contribution >= 0.6 is 11.8 Å². The van der Waals surface area contributed by atoms with E-state index in [9.17, 15) is 9.59 Å². The van der Waals surface area contributed by atoms with Crippen molar-refractivity contribution in [2.24, 2.45) is 0 Å². The number of carbonyl (C=O) groups is 2. The second-order valence-electron chi connectivity index (χ2n) is 4.99. The fraction of sp³-hybridized carbons (Fsp3) is 0.818. The molecule has 4 nitrogen and oxygen atoms in total. The molecular formula is C11H18N2O2S. The number of amides is 2.